The predicted octanol–water partition coefficient (Wildman–Crippen LogP) is 4.41. The van der Waals surface area contributed by atoms with E-state index in [-0.39, 0.29) is 29.5 Å². The number of aryl methyl sites for hydroxylation is 1. The van der Waals surface area contributed by atoms with Crippen LogP contribution < -0.4 is 14.2 Å². The maximum Gasteiger partial charge on any atom is 0.247 e. The molecular formula is C27H26ClN5O5S2. The van der Waals surface area contributed by atoms with E-state index in [4.69, 9.17) is 30.8 Å². The molecule has 40 heavy (non-hydrogen) atoms. The van der Waals surface area contributed by atoms with Crippen LogP contribution in [0.3, 0.4) is 0 Å². The first-order valence-electron chi connectivity index (χ1n) is 12.4. The van der Waals surface area contributed by atoms with Crippen molar-refractivity contribution in [1.82, 2.24) is 19.1 Å². The molecule has 0 bridgehead atoms. The summed E-state index contributed by atoms with van der Waals surface area (Å²) < 4.78 is 47.7. The molecule has 0 atom stereocenters. The maximum absolute atomic E-state index is 14.0. The zero-order valence-corrected chi connectivity index (χ0v) is 24.7. The van der Waals surface area contributed by atoms with Crippen molar-refractivity contribution in [2.75, 3.05) is 27.9 Å². The molecule has 2 aliphatic rings. The van der Waals surface area contributed by atoms with Crippen molar-refractivity contribution in [3.8, 4) is 22.2 Å². The minimum Gasteiger partial charge on any atom is -0.493 e. The average Bonchev–Trinajstić information content (AvgIpc) is 3.47. The Balaban J connectivity index is 1.47. The van der Waals surface area contributed by atoms with Gasteiger partial charge in [-0.2, -0.15) is 4.31 Å². The van der Waals surface area contributed by atoms with Gasteiger partial charge in [-0.15, -0.1) is 21.5 Å². The molecule has 2 aromatic carbocycles. The number of hydrogen-bond donors (Lipinski definition) is 0. The van der Waals surface area contributed by atoms with E-state index in [0.29, 0.717) is 23.7 Å². The summed E-state index contributed by atoms with van der Waals surface area (Å²) >= 11 is 8.17. The first-order chi connectivity index (χ1) is 19.3. The molecule has 4 aromatic rings. The lowest BCUT2D eigenvalue weighted by atomic mass is 9.96. The molecule has 0 aliphatic carbocycles. The molecule has 0 radical (unpaired) electrons. The van der Waals surface area contributed by atoms with Gasteiger partial charge < -0.3 is 14.2 Å². The zero-order chi connectivity index (χ0) is 28.2. The molecule has 0 N–H and O–H groups in total. The fourth-order valence-electron chi connectivity index (χ4n) is 5.26. The van der Waals surface area contributed by atoms with Gasteiger partial charge in [0, 0.05) is 34.1 Å². The number of aliphatic imine (C=N–C) groups is 1. The lowest BCUT2D eigenvalue weighted by Crippen LogP contribution is -2.36. The number of hydrogen-bond acceptors (Lipinski definition) is 9. The fraction of sp³-hybridized carbons (Fsp3) is 0.296. The normalized spacial score (nSPS) is 15.0. The van der Waals surface area contributed by atoms with Crippen molar-refractivity contribution in [3.63, 3.8) is 0 Å². The van der Waals surface area contributed by atoms with Crippen LogP contribution in [0.25, 0.3) is 5.00 Å². The number of fused-ring (bicyclic) bond motifs is 5. The third-order valence-electron chi connectivity index (χ3n) is 7.13. The summed E-state index contributed by atoms with van der Waals surface area (Å²) in [6, 6.07) is 10.7. The van der Waals surface area contributed by atoms with Gasteiger partial charge >= 0.3 is 0 Å². The molecule has 2 aliphatic heterocycles. The quantitative estimate of drug-likeness (QED) is 0.323. The molecule has 10 nitrogen and oxygen atoms in total. The summed E-state index contributed by atoms with van der Waals surface area (Å²) in [7, 11) is 0.399. The van der Waals surface area contributed by atoms with Crippen molar-refractivity contribution >= 4 is 38.7 Å². The van der Waals surface area contributed by atoms with Crippen molar-refractivity contribution in [1.29, 1.82) is 0 Å². The Bertz CT molecular complexity index is 1780. The van der Waals surface area contributed by atoms with Crippen molar-refractivity contribution in [3.05, 3.63) is 74.6 Å². The minimum absolute atomic E-state index is 0.0180. The molecule has 0 unspecified atom stereocenters. The first-order valence-corrected chi connectivity index (χ1v) is 15.1. The van der Waals surface area contributed by atoms with Gasteiger partial charge in [0.2, 0.25) is 15.8 Å². The van der Waals surface area contributed by atoms with Crippen LogP contribution in [0.15, 0.2) is 46.3 Å². The lowest BCUT2D eigenvalue weighted by Gasteiger charge is -2.28. The topological polar surface area (TPSA) is 108 Å². The molecule has 6 rings (SSSR count). The second-order valence-electron chi connectivity index (χ2n) is 9.25. The summed E-state index contributed by atoms with van der Waals surface area (Å²) in [5.74, 6) is 2.17. The highest BCUT2D eigenvalue weighted by Crippen LogP contribution is 2.45. The van der Waals surface area contributed by atoms with Crippen LogP contribution in [0, 0.1) is 6.92 Å². The molecule has 4 heterocycles. The number of halogens is 1. The minimum atomic E-state index is -3.95. The van der Waals surface area contributed by atoms with Gasteiger partial charge in [0.1, 0.15) is 22.3 Å². The second kappa shape index (κ2) is 10.2. The van der Waals surface area contributed by atoms with Crippen LogP contribution in [0.4, 0.5) is 0 Å². The van der Waals surface area contributed by atoms with E-state index in [1.807, 2.05) is 35.8 Å². The van der Waals surface area contributed by atoms with Gasteiger partial charge in [0.05, 0.1) is 27.0 Å². The van der Waals surface area contributed by atoms with E-state index in [2.05, 4.69) is 10.2 Å². The number of ether oxygens (including phenoxy) is 3. The number of sulfonamides is 1. The van der Waals surface area contributed by atoms with Crippen LogP contribution >= 0.6 is 22.9 Å². The Morgan fingerprint density at radius 2 is 1.77 bits per heavy atom. The number of methoxy groups -OCH3 is 3. The Kier molecular flexibility index (Phi) is 6.81. The Morgan fingerprint density at radius 3 is 2.50 bits per heavy atom. The van der Waals surface area contributed by atoms with Crippen molar-refractivity contribution in [2.45, 2.75) is 31.3 Å². The van der Waals surface area contributed by atoms with E-state index in [1.54, 1.807) is 6.07 Å². The molecule has 2 aromatic heterocycles. The molecule has 13 heteroatoms. The third-order valence-corrected chi connectivity index (χ3v) is 10.5. The van der Waals surface area contributed by atoms with Crippen LogP contribution in [0.1, 0.15) is 33.2 Å². The summed E-state index contributed by atoms with van der Waals surface area (Å²) in [4.78, 5) is 5.89. The summed E-state index contributed by atoms with van der Waals surface area (Å²) in [5.41, 5.74) is 3.62. The third kappa shape index (κ3) is 4.09. The van der Waals surface area contributed by atoms with E-state index < -0.39 is 10.0 Å². The number of nitrogens with zero attached hydrogens (tertiary/aromatic N) is 5. The van der Waals surface area contributed by atoms with Crippen LogP contribution in [-0.4, -0.2) is 61.1 Å². The van der Waals surface area contributed by atoms with E-state index in [1.165, 1.54) is 43.0 Å². The van der Waals surface area contributed by atoms with Crippen LogP contribution in [0.2, 0.25) is 5.02 Å². The SMILES string of the molecule is COc1ccc(S(=O)(=O)N2CCc3c(sc4c3C(c3ccccc3Cl)=NCc3nnc(C)n3-4)C2)c(OC)c1OC. The average molecular weight is 600 g/mol. The van der Waals surface area contributed by atoms with E-state index >= 15 is 0 Å². The van der Waals surface area contributed by atoms with Gasteiger partial charge in [0.15, 0.2) is 17.3 Å². The van der Waals surface area contributed by atoms with E-state index in [9.17, 15) is 8.42 Å². The van der Waals surface area contributed by atoms with Gasteiger partial charge in [-0.25, -0.2) is 8.42 Å². The Labute approximate surface area is 240 Å². The molecular weight excluding hydrogens is 574 g/mol. The smallest absolute Gasteiger partial charge is 0.247 e. The number of benzene rings is 2. The van der Waals surface area contributed by atoms with Crippen molar-refractivity contribution < 1.29 is 22.6 Å². The van der Waals surface area contributed by atoms with Gasteiger partial charge in [-0.3, -0.25) is 9.56 Å². The molecule has 0 saturated carbocycles. The number of rotatable bonds is 6. The Morgan fingerprint density at radius 1 is 1.00 bits per heavy atom. The van der Waals surface area contributed by atoms with Gasteiger partial charge in [-0.1, -0.05) is 29.8 Å². The summed E-state index contributed by atoms with van der Waals surface area (Å²) in [5, 5.41) is 10.2. The number of aromatic nitrogens is 3. The maximum atomic E-state index is 14.0. The monoisotopic (exact) mass is 599 g/mol. The highest BCUT2D eigenvalue weighted by atomic mass is 35.5. The largest absolute Gasteiger partial charge is 0.493 e. The van der Waals surface area contributed by atoms with Crippen molar-refractivity contribution in [2.24, 2.45) is 4.99 Å². The Hall–Kier alpha value is -3.45. The second-order valence-corrected chi connectivity index (χ2v) is 12.6. The van der Waals surface area contributed by atoms with Gasteiger partial charge in [-0.05, 0) is 37.1 Å². The number of thiophene rings is 1. The lowest BCUT2D eigenvalue weighted by molar-refractivity contribution is 0.317. The molecule has 208 valence electrons. The standard InChI is InChI=1S/C27H26ClN5O5S2/c1-15-30-31-22-13-29-24(16-7-5-6-8-18(16)28)23-17-11-12-32(14-20(17)39-27(23)33(15)22)40(34,35)21-10-9-19(36-2)25(37-3)26(21)38-4/h5-10H,11-14H2,1-4H3. The summed E-state index contributed by atoms with van der Waals surface area (Å²) in [6.07, 6.45) is 0.496. The molecule has 0 amide bonds. The fourth-order valence-corrected chi connectivity index (χ4v) is 8.56. The highest BCUT2D eigenvalue weighted by molar-refractivity contribution is 7.89. The summed E-state index contributed by atoms with van der Waals surface area (Å²) in [6.45, 7) is 2.73. The molecule has 0 saturated heterocycles. The molecule has 0 fully saturated rings. The first kappa shape index (κ1) is 26.8. The van der Waals surface area contributed by atoms with Crippen LogP contribution in [-0.2, 0) is 29.5 Å². The van der Waals surface area contributed by atoms with Gasteiger partial charge in [0.25, 0.3) is 0 Å². The highest BCUT2D eigenvalue weighted by Gasteiger charge is 2.37. The zero-order valence-electron chi connectivity index (χ0n) is 22.3. The van der Waals surface area contributed by atoms with Crippen LogP contribution in [0.5, 0.6) is 17.2 Å². The van der Waals surface area contributed by atoms with E-state index in [0.717, 1.165) is 43.9 Å². The predicted molar refractivity (Wildman–Crippen MR) is 152 cm³/mol. The molecule has 0 spiro atoms.